The Morgan fingerprint density at radius 3 is 2.00 bits per heavy atom. The zero-order chi connectivity index (χ0) is 25.7. The first kappa shape index (κ1) is 25.3. The lowest BCUT2D eigenvalue weighted by Gasteiger charge is -2.11. The highest BCUT2D eigenvalue weighted by Gasteiger charge is 2.28. The molecule has 182 valence electrons. The van der Waals surface area contributed by atoms with Gasteiger partial charge in [0.2, 0.25) is 34.8 Å². The molecule has 0 fully saturated rings. The van der Waals surface area contributed by atoms with E-state index in [4.69, 9.17) is 0 Å². The van der Waals surface area contributed by atoms with Gasteiger partial charge in [0, 0.05) is 19.8 Å². The van der Waals surface area contributed by atoms with E-state index in [0.29, 0.717) is 5.69 Å². The maximum atomic E-state index is 13.7. The number of benzene rings is 3. The van der Waals surface area contributed by atoms with Gasteiger partial charge in [-0.1, -0.05) is 12.1 Å². The average molecular weight is 492 g/mol. The fourth-order valence-corrected chi connectivity index (χ4v) is 2.75. The number of amides is 1. The number of anilines is 1. The third-order valence-electron chi connectivity index (χ3n) is 4.57. The minimum Gasteiger partial charge on any atom is -0.419 e. The maximum absolute atomic E-state index is 13.7. The number of halogens is 5. The lowest BCUT2D eigenvalue weighted by Crippen LogP contribution is -2.32. The number of azo groups is 1. The van der Waals surface area contributed by atoms with Gasteiger partial charge in [-0.25, -0.2) is 18.0 Å². The van der Waals surface area contributed by atoms with Gasteiger partial charge in [-0.2, -0.15) is 13.9 Å². The molecule has 0 saturated heterocycles. The smallest absolute Gasteiger partial charge is 0.331 e. The Hall–Kier alpha value is -4.35. The molecule has 0 bridgehead atoms. The van der Waals surface area contributed by atoms with Gasteiger partial charge in [-0.05, 0) is 36.4 Å². The molecule has 1 N–H and O–H groups in total. The first-order valence-electron chi connectivity index (χ1n) is 9.88. The van der Waals surface area contributed by atoms with Gasteiger partial charge in [0.1, 0.15) is 6.54 Å². The minimum atomic E-state index is -2.40. The highest BCUT2D eigenvalue weighted by atomic mass is 19.2. The van der Waals surface area contributed by atoms with Crippen molar-refractivity contribution in [3.8, 4) is 5.75 Å². The quantitative estimate of drug-likeness (QED) is 0.123. The molecule has 3 aromatic carbocycles. The van der Waals surface area contributed by atoms with E-state index in [0.717, 1.165) is 5.69 Å². The molecule has 1 amide bonds. The van der Waals surface area contributed by atoms with E-state index in [9.17, 15) is 31.5 Å². The fourth-order valence-electron chi connectivity index (χ4n) is 2.75. The van der Waals surface area contributed by atoms with Crippen molar-refractivity contribution in [1.29, 1.82) is 0 Å². The van der Waals surface area contributed by atoms with Crippen LogP contribution in [0.15, 0.2) is 58.8 Å². The molecular formula is C23H17F5N4O3. The van der Waals surface area contributed by atoms with E-state index in [2.05, 4.69) is 20.3 Å². The first-order valence-corrected chi connectivity index (χ1v) is 9.88. The van der Waals surface area contributed by atoms with Crippen molar-refractivity contribution in [2.45, 2.75) is 0 Å². The number of nitrogens with one attached hydrogen (secondary N) is 1. The number of carbonyl (C=O) groups excluding carboxylic acids is 2. The number of ether oxygens (including phenoxy) is 1. The first-order chi connectivity index (χ1) is 16.6. The molecule has 0 unspecified atom stereocenters. The zero-order valence-corrected chi connectivity index (χ0v) is 18.3. The molecule has 0 spiro atoms. The number of hydrogen-bond acceptors (Lipinski definition) is 6. The van der Waals surface area contributed by atoms with Crippen molar-refractivity contribution < 1.29 is 36.3 Å². The average Bonchev–Trinajstić information content (AvgIpc) is 2.86. The second kappa shape index (κ2) is 10.7. The summed E-state index contributed by atoms with van der Waals surface area (Å²) in [4.78, 5) is 26.3. The lowest BCUT2D eigenvalue weighted by molar-refractivity contribution is -0.133. The van der Waals surface area contributed by atoms with E-state index < -0.39 is 53.3 Å². The van der Waals surface area contributed by atoms with E-state index in [-0.39, 0.29) is 11.3 Å². The Morgan fingerprint density at radius 1 is 0.829 bits per heavy atom. The Balaban J connectivity index is 1.69. The van der Waals surface area contributed by atoms with Crippen LogP contribution in [0.2, 0.25) is 0 Å². The summed E-state index contributed by atoms with van der Waals surface area (Å²) < 4.78 is 71.1. The van der Waals surface area contributed by atoms with E-state index in [1.165, 1.54) is 18.2 Å². The van der Waals surface area contributed by atoms with Crippen LogP contribution in [0, 0.1) is 29.1 Å². The normalized spacial score (nSPS) is 10.9. The van der Waals surface area contributed by atoms with Gasteiger partial charge in [0.25, 0.3) is 5.91 Å². The molecule has 0 radical (unpaired) electrons. The van der Waals surface area contributed by atoms with Crippen LogP contribution in [0.25, 0.3) is 0 Å². The van der Waals surface area contributed by atoms with E-state index in [1.807, 2.05) is 31.1 Å². The van der Waals surface area contributed by atoms with Crippen LogP contribution >= 0.6 is 0 Å². The number of esters is 1. The van der Waals surface area contributed by atoms with Crippen LogP contribution < -0.4 is 15.0 Å². The fraction of sp³-hybridized carbons (Fsp3) is 0.130. The van der Waals surface area contributed by atoms with Gasteiger partial charge in [-0.15, -0.1) is 5.11 Å². The monoisotopic (exact) mass is 492 g/mol. The highest BCUT2D eigenvalue weighted by molar-refractivity contribution is 6.00. The second-order valence-corrected chi connectivity index (χ2v) is 7.18. The summed E-state index contributed by atoms with van der Waals surface area (Å²) in [7, 11) is 3.76. The Morgan fingerprint density at radius 2 is 1.40 bits per heavy atom. The van der Waals surface area contributed by atoms with Crippen LogP contribution in [-0.4, -0.2) is 32.5 Å². The molecule has 12 heteroatoms. The zero-order valence-electron chi connectivity index (χ0n) is 18.3. The summed E-state index contributed by atoms with van der Waals surface area (Å²) in [5, 5.41) is 10.2. The van der Waals surface area contributed by atoms with Crippen molar-refractivity contribution in [3.05, 3.63) is 83.2 Å². The van der Waals surface area contributed by atoms with Crippen molar-refractivity contribution in [1.82, 2.24) is 5.32 Å². The third kappa shape index (κ3) is 5.78. The van der Waals surface area contributed by atoms with Crippen molar-refractivity contribution in [2.24, 2.45) is 10.2 Å². The van der Waals surface area contributed by atoms with E-state index in [1.54, 1.807) is 18.2 Å². The van der Waals surface area contributed by atoms with Crippen LogP contribution in [0.3, 0.4) is 0 Å². The number of rotatable bonds is 7. The molecule has 0 aliphatic carbocycles. The summed E-state index contributed by atoms with van der Waals surface area (Å²) in [6.45, 7) is -0.935. The van der Waals surface area contributed by atoms with E-state index >= 15 is 0 Å². The molecule has 0 heterocycles. The SMILES string of the molecule is CN(C)c1ccc(/N=N/c2ccccc2C(=O)NCC(=O)Oc2c(F)c(F)c(F)c(F)c2F)cc1. The predicted molar refractivity (Wildman–Crippen MR) is 116 cm³/mol. The molecule has 0 aliphatic rings. The molecule has 0 atom stereocenters. The second-order valence-electron chi connectivity index (χ2n) is 7.18. The Labute approximate surface area is 195 Å². The topological polar surface area (TPSA) is 83.4 Å². The molecular weight excluding hydrogens is 475 g/mol. The predicted octanol–water partition coefficient (Wildman–Crippen LogP) is 5.20. The third-order valence-corrected chi connectivity index (χ3v) is 4.57. The number of nitrogens with zero attached hydrogens (tertiary/aromatic N) is 3. The van der Waals surface area contributed by atoms with Gasteiger partial charge in [-0.3, -0.25) is 4.79 Å². The standard InChI is InChI=1S/C23H17F5N4O3/c1-32(2)13-9-7-12(8-10-13)30-31-15-6-4-3-5-14(15)23(34)29-11-16(33)35-22-20(27)18(25)17(24)19(26)21(22)28/h3-10H,11H2,1-2H3,(H,29,34)/b31-30+. The summed E-state index contributed by atoms with van der Waals surface area (Å²) in [5.41, 5.74) is 1.61. The molecule has 0 aliphatic heterocycles. The maximum Gasteiger partial charge on any atom is 0.331 e. The van der Waals surface area contributed by atoms with Crippen molar-refractivity contribution in [3.63, 3.8) is 0 Å². The van der Waals surface area contributed by atoms with Gasteiger partial charge < -0.3 is 15.0 Å². The van der Waals surface area contributed by atoms with Crippen molar-refractivity contribution in [2.75, 3.05) is 25.5 Å². The lowest BCUT2D eigenvalue weighted by atomic mass is 10.1. The summed E-state index contributed by atoms with van der Waals surface area (Å²) in [6, 6.07) is 13.1. The molecule has 0 aromatic heterocycles. The van der Waals surface area contributed by atoms with Crippen molar-refractivity contribution >= 4 is 28.9 Å². The van der Waals surface area contributed by atoms with Gasteiger partial charge in [0.05, 0.1) is 16.9 Å². The molecule has 0 saturated carbocycles. The summed E-state index contributed by atoms with van der Waals surface area (Å²) in [6.07, 6.45) is 0. The molecule has 35 heavy (non-hydrogen) atoms. The summed E-state index contributed by atoms with van der Waals surface area (Å²) >= 11 is 0. The summed E-state index contributed by atoms with van der Waals surface area (Å²) in [5.74, 6) is -15.6. The molecule has 3 rings (SSSR count). The highest BCUT2D eigenvalue weighted by Crippen LogP contribution is 2.29. The van der Waals surface area contributed by atoms with Crippen LogP contribution in [-0.2, 0) is 4.79 Å². The van der Waals surface area contributed by atoms with Gasteiger partial charge >= 0.3 is 5.97 Å². The van der Waals surface area contributed by atoms with Crippen LogP contribution in [0.5, 0.6) is 5.75 Å². The Kier molecular flexibility index (Phi) is 7.74. The minimum absolute atomic E-state index is 0.00481. The molecule has 3 aromatic rings. The largest absolute Gasteiger partial charge is 0.419 e. The van der Waals surface area contributed by atoms with Crippen LogP contribution in [0.4, 0.5) is 39.0 Å². The Bertz CT molecular complexity index is 1270. The van der Waals surface area contributed by atoms with Gasteiger partial charge in [0.15, 0.2) is 0 Å². The van der Waals surface area contributed by atoms with Crippen LogP contribution in [0.1, 0.15) is 10.4 Å². The molecule has 7 nitrogen and oxygen atoms in total. The number of hydrogen-bond donors (Lipinski definition) is 1. The number of carbonyl (C=O) groups is 2.